The van der Waals surface area contributed by atoms with Crippen molar-refractivity contribution in [3.63, 3.8) is 0 Å². The highest BCUT2D eigenvalue weighted by molar-refractivity contribution is 9.10. The molecule has 0 saturated carbocycles. The van der Waals surface area contributed by atoms with E-state index in [0.717, 1.165) is 6.07 Å². The van der Waals surface area contributed by atoms with E-state index in [1.807, 2.05) is 0 Å². The van der Waals surface area contributed by atoms with Crippen LogP contribution in [0.15, 0.2) is 29.1 Å². The maximum Gasteiger partial charge on any atom is 0.218 e. The zero-order valence-corrected chi connectivity index (χ0v) is 10.3. The van der Waals surface area contributed by atoms with Crippen LogP contribution in [-0.2, 0) is 7.05 Å². The predicted octanol–water partition coefficient (Wildman–Crippen LogP) is 2.69. The molecule has 0 spiro atoms. The lowest BCUT2D eigenvalue weighted by atomic mass is 10.1. The van der Waals surface area contributed by atoms with Crippen molar-refractivity contribution < 1.29 is 13.6 Å². The molecular weight excluding hydrogens is 294 g/mol. The number of benzene rings is 1. The van der Waals surface area contributed by atoms with Crippen LogP contribution in [-0.4, -0.2) is 15.3 Å². The van der Waals surface area contributed by atoms with Crippen LogP contribution in [0.3, 0.4) is 0 Å². The van der Waals surface area contributed by atoms with Gasteiger partial charge in [0.2, 0.25) is 5.78 Å². The van der Waals surface area contributed by atoms with Gasteiger partial charge in [0.05, 0.1) is 16.4 Å². The maximum atomic E-state index is 13.7. The minimum absolute atomic E-state index is 0.00315. The van der Waals surface area contributed by atoms with Gasteiger partial charge < -0.3 is 4.57 Å². The lowest BCUT2D eigenvalue weighted by Crippen LogP contribution is -2.08. The van der Waals surface area contributed by atoms with Gasteiger partial charge in [-0.05, 0) is 28.1 Å². The first kappa shape index (κ1) is 11.9. The fraction of sp³-hybridized carbons (Fsp3) is 0.0909. The molecule has 0 bridgehead atoms. The van der Waals surface area contributed by atoms with Crippen LogP contribution in [0.4, 0.5) is 8.78 Å². The van der Waals surface area contributed by atoms with E-state index in [9.17, 15) is 13.6 Å². The summed E-state index contributed by atoms with van der Waals surface area (Å²) in [6, 6.07) is 2.24. The highest BCUT2D eigenvalue weighted by Gasteiger charge is 2.22. The fourth-order valence-corrected chi connectivity index (χ4v) is 1.72. The Kier molecular flexibility index (Phi) is 3.06. The third-order valence-electron chi connectivity index (χ3n) is 2.21. The summed E-state index contributed by atoms with van der Waals surface area (Å²) < 4.78 is 28.7. The van der Waals surface area contributed by atoms with E-state index >= 15 is 0 Å². The summed E-state index contributed by atoms with van der Waals surface area (Å²) in [4.78, 5) is 15.6. The number of hydrogen-bond donors (Lipinski definition) is 0. The Bertz CT molecular complexity index is 595. The quantitative estimate of drug-likeness (QED) is 0.631. The molecule has 3 nitrogen and oxygen atoms in total. The van der Waals surface area contributed by atoms with Crippen molar-refractivity contribution in [1.29, 1.82) is 0 Å². The Labute approximate surface area is 104 Å². The van der Waals surface area contributed by atoms with Gasteiger partial charge in [-0.2, -0.15) is 0 Å². The SMILES string of the molecule is Cn1cnc(C(=O)c2c(F)ccc(Br)c2F)c1. The molecular formula is C11H7BrF2N2O. The third-order valence-corrected chi connectivity index (χ3v) is 2.82. The van der Waals surface area contributed by atoms with Crippen LogP contribution >= 0.6 is 15.9 Å². The third kappa shape index (κ3) is 2.12. The van der Waals surface area contributed by atoms with Crippen molar-refractivity contribution in [3.8, 4) is 0 Å². The Hall–Kier alpha value is -1.56. The summed E-state index contributed by atoms with van der Waals surface area (Å²) in [6.45, 7) is 0. The monoisotopic (exact) mass is 300 g/mol. The molecule has 88 valence electrons. The molecule has 0 aliphatic rings. The molecule has 6 heteroatoms. The molecule has 0 aliphatic carbocycles. The van der Waals surface area contributed by atoms with Crippen molar-refractivity contribution in [2.45, 2.75) is 0 Å². The Morgan fingerprint density at radius 1 is 1.41 bits per heavy atom. The first-order valence-electron chi connectivity index (χ1n) is 4.67. The van der Waals surface area contributed by atoms with E-state index in [1.54, 1.807) is 7.05 Å². The number of hydrogen-bond acceptors (Lipinski definition) is 2. The summed E-state index contributed by atoms with van der Waals surface area (Å²) in [7, 11) is 1.66. The molecule has 1 aromatic heterocycles. The summed E-state index contributed by atoms with van der Waals surface area (Å²) >= 11 is 2.91. The number of aromatic nitrogens is 2. The van der Waals surface area contributed by atoms with Crippen molar-refractivity contribution in [2.24, 2.45) is 7.05 Å². The van der Waals surface area contributed by atoms with Crippen molar-refractivity contribution in [3.05, 3.63) is 52.0 Å². The van der Waals surface area contributed by atoms with Gasteiger partial charge in [0.15, 0.2) is 5.82 Å². The highest BCUT2D eigenvalue weighted by atomic mass is 79.9. The van der Waals surface area contributed by atoms with Crippen LogP contribution in [0, 0.1) is 11.6 Å². The van der Waals surface area contributed by atoms with E-state index in [-0.39, 0.29) is 10.2 Å². The number of halogens is 3. The van der Waals surface area contributed by atoms with Gasteiger partial charge >= 0.3 is 0 Å². The van der Waals surface area contributed by atoms with Crippen LogP contribution in [0.1, 0.15) is 16.1 Å². The minimum Gasteiger partial charge on any atom is -0.340 e. The average Bonchev–Trinajstić information content (AvgIpc) is 2.71. The molecule has 0 saturated heterocycles. The first-order chi connectivity index (χ1) is 8.00. The van der Waals surface area contributed by atoms with Gasteiger partial charge in [0.1, 0.15) is 11.5 Å². The van der Waals surface area contributed by atoms with E-state index in [2.05, 4.69) is 20.9 Å². The Morgan fingerprint density at radius 3 is 2.71 bits per heavy atom. The highest BCUT2D eigenvalue weighted by Crippen LogP contribution is 2.23. The second-order valence-electron chi connectivity index (χ2n) is 3.47. The molecule has 0 N–H and O–H groups in total. The predicted molar refractivity (Wildman–Crippen MR) is 60.7 cm³/mol. The molecule has 0 radical (unpaired) electrons. The average molecular weight is 301 g/mol. The second kappa shape index (κ2) is 4.37. The number of ketones is 1. The molecule has 0 unspecified atom stereocenters. The molecule has 0 atom stereocenters. The van der Waals surface area contributed by atoms with Gasteiger partial charge in [-0.1, -0.05) is 0 Å². The van der Waals surface area contributed by atoms with Gasteiger partial charge in [0, 0.05) is 13.2 Å². The zero-order chi connectivity index (χ0) is 12.6. The Morgan fingerprint density at radius 2 is 2.12 bits per heavy atom. The standard InChI is InChI=1S/C11H7BrF2N2O/c1-16-4-8(15-5-16)11(17)9-7(13)3-2-6(12)10(9)14/h2-5H,1H3. The molecule has 2 rings (SSSR count). The normalized spacial score (nSPS) is 10.6. The molecule has 0 aliphatic heterocycles. The van der Waals surface area contributed by atoms with Crippen molar-refractivity contribution in [1.82, 2.24) is 9.55 Å². The van der Waals surface area contributed by atoms with E-state index < -0.39 is 23.0 Å². The maximum absolute atomic E-state index is 13.7. The number of nitrogens with zero attached hydrogens (tertiary/aromatic N) is 2. The number of aryl methyl sites for hydroxylation is 1. The molecule has 1 aromatic carbocycles. The zero-order valence-electron chi connectivity index (χ0n) is 8.75. The fourth-order valence-electron chi connectivity index (χ4n) is 1.39. The van der Waals surface area contributed by atoms with Gasteiger partial charge in [-0.3, -0.25) is 4.79 Å². The first-order valence-corrected chi connectivity index (χ1v) is 5.46. The van der Waals surface area contributed by atoms with E-state index in [0.29, 0.717) is 0 Å². The van der Waals surface area contributed by atoms with E-state index in [1.165, 1.54) is 23.2 Å². The second-order valence-corrected chi connectivity index (χ2v) is 4.33. The summed E-state index contributed by atoms with van der Waals surface area (Å²) in [6.07, 6.45) is 2.79. The van der Waals surface area contributed by atoms with Gasteiger partial charge in [-0.25, -0.2) is 13.8 Å². The minimum atomic E-state index is -0.916. The molecule has 1 heterocycles. The summed E-state index contributed by atoms with van der Waals surface area (Å²) in [5.41, 5.74) is -0.596. The largest absolute Gasteiger partial charge is 0.340 e. The van der Waals surface area contributed by atoms with Crippen LogP contribution < -0.4 is 0 Å². The number of rotatable bonds is 2. The topological polar surface area (TPSA) is 34.9 Å². The number of carbonyl (C=O) groups excluding carboxylic acids is 1. The number of carbonyl (C=O) groups is 1. The molecule has 0 fully saturated rings. The molecule has 2 aromatic rings. The Balaban J connectivity index is 2.54. The summed E-state index contributed by atoms with van der Waals surface area (Å²) in [5, 5.41) is 0. The number of imidazole rings is 1. The van der Waals surface area contributed by atoms with Gasteiger partial charge in [-0.15, -0.1) is 0 Å². The van der Waals surface area contributed by atoms with E-state index in [4.69, 9.17) is 0 Å². The lowest BCUT2D eigenvalue weighted by Gasteiger charge is -2.03. The molecule has 17 heavy (non-hydrogen) atoms. The van der Waals surface area contributed by atoms with Crippen molar-refractivity contribution >= 4 is 21.7 Å². The molecule has 0 amide bonds. The summed E-state index contributed by atoms with van der Waals surface area (Å²) in [5.74, 6) is -2.59. The van der Waals surface area contributed by atoms with Crippen LogP contribution in [0.25, 0.3) is 0 Å². The van der Waals surface area contributed by atoms with Crippen molar-refractivity contribution in [2.75, 3.05) is 0 Å². The van der Waals surface area contributed by atoms with Crippen LogP contribution in [0.5, 0.6) is 0 Å². The lowest BCUT2D eigenvalue weighted by molar-refractivity contribution is 0.102. The van der Waals surface area contributed by atoms with Crippen LogP contribution in [0.2, 0.25) is 0 Å². The smallest absolute Gasteiger partial charge is 0.218 e. The van der Waals surface area contributed by atoms with Gasteiger partial charge in [0.25, 0.3) is 0 Å².